The second kappa shape index (κ2) is 9.61. The molecule has 2 aromatic rings. The molecule has 2 aromatic carbocycles. The molecule has 1 N–H and O–H groups in total. The van der Waals surface area contributed by atoms with Gasteiger partial charge in [-0.1, -0.05) is 57.0 Å². The first-order valence-corrected chi connectivity index (χ1v) is 11.2. The summed E-state index contributed by atoms with van der Waals surface area (Å²) in [5.74, 6) is -4.56. The maximum absolute atomic E-state index is 14.8. The van der Waals surface area contributed by atoms with Gasteiger partial charge in [0.2, 0.25) is 5.91 Å². The standard InChI is InChI=1S/C23H26F4N2OS/c1-4-31-28-21-20(29(13-23(21,26)27)22(30)14(2)3)9-15-6-5-7-16(8-15)17-10-18(24)12-19(25)11-17/h5-8,10-12,14,20-21,28H,4,9,13H2,1-3H3/t20-,21+/m0/s1. The van der Waals surface area contributed by atoms with Crippen LogP contribution in [0.5, 0.6) is 0 Å². The Bertz CT molecular complexity index is 917. The van der Waals surface area contributed by atoms with Crippen LogP contribution in [0.3, 0.4) is 0 Å². The summed E-state index contributed by atoms with van der Waals surface area (Å²) in [5, 5.41) is 0. The van der Waals surface area contributed by atoms with E-state index < -0.39 is 42.1 Å². The van der Waals surface area contributed by atoms with Crippen LogP contribution in [0.4, 0.5) is 17.6 Å². The van der Waals surface area contributed by atoms with Gasteiger partial charge in [0.05, 0.1) is 12.6 Å². The molecule has 1 amide bonds. The van der Waals surface area contributed by atoms with Crippen LogP contribution >= 0.6 is 11.9 Å². The first kappa shape index (κ1) is 23.6. The topological polar surface area (TPSA) is 32.3 Å². The van der Waals surface area contributed by atoms with E-state index in [0.29, 0.717) is 22.4 Å². The lowest BCUT2D eigenvalue weighted by molar-refractivity contribution is -0.136. The molecule has 0 aliphatic carbocycles. The van der Waals surface area contributed by atoms with E-state index in [1.165, 1.54) is 29.0 Å². The molecule has 1 heterocycles. The van der Waals surface area contributed by atoms with E-state index in [9.17, 15) is 22.4 Å². The zero-order valence-corrected chi connectivity index (χ0v) is 18.5. The van der Waals surface area contributed by atoms with Gasteiger partial charge in [0.25, 0.3) is 5.92 Å². The average Bonchev–Trinajstić information content (AvgIpc) is 2.94. The highest BCUT2D eigenvalue weighted by atomic mass is 32.2. The number of nitrogens with zero attached hydrogens (tertiary/aromatic N) is 1. The molecule has 0 bridgehead atoms. The van der Waals surface area contributed by atoms with Gasteiger partial charge in [0, 0.05) is 17.7 Å². The molecule has 0 spiro atoms. The molecular formula is C23H26F4N2OS. The van der Waals surface area contributed by atoms with E-state index in [4.69, 9.17) is 0 Å². The lowest BCUT2D eigenvalue weighted by atomic mass is 9.95. The number of benzene rings is 2. The predicted molar refractivity (Wildman–Crippen MR) is 116 cm³/mol. The van der Waals surface area contributed by atoms with Crippen molar-refractivity contribution < 1.29 is 22.4 Å². The molecule has 2 atom stereocenters. The molecule has 1 saturated heterocycles. The summed E-state index contributed by atoms with van der Waals surface area (Å²) in [6.45, 7) is 4.61. The van der Waals surface area contributed by atoms with Crippen LogP contribution in [0, 0.1) is 17.6 Å². The second-order valence-electron chi connectivity index (χ2n) is 8.04. The summed E-state index contributed by atoms with van der Waals surface area (Å²) < 4.78 is 59.8. The summed E-state index contributed by atoms with van der Waals surface area (Å²) >= 11 is 1.20. The molecule has 1 aliphatic heterocycles. The van der Waals surface area contributed by atoms with Gasteiger partial charge in [-0.25, -0.2) is 17.6 Å². The smallest absolute Gasteiger partial charge is 0.283 e. The van der Waals surface area contributed by atoms with Crippen molar-refractivity contribution in [1.29, 1.82) is 0 Å². The SMILES string of the molecule is CCSN[C@@H]1[C@H](Cc2cccc(-c3cc(F)cc(F)c3)c2)N(C(=O)C(C)C)CC1(F)F. The Morgan fingerprint density at radius 3 is 2.45 bits per heavy atom. The van der Waals surface area contributed by atoms with Crippen molar-refractivity contribution in [3.8, 4) is 11.1 Å². The molecule has 0 aromatic heterocycles. The molecule has 3 nitrogen and oxygen atoms in total. The Morgan fingerprint density at radius 1 is 1.16 bits per heavy atom. The van der Waals surface area contributed by atoms with Crippen LogP contribution in [0.15, 0.2) is 42.5 Å². The Morgan fingerprint density at radius 2 is 1.84 bits per heavy atom. The number of nitrogens with one attached hydrogen (secondary N) is 1. The van der Waals surface area contributed by atoms with Crippen molar-refractivity contribution in [3.63, 3.8) is 0 Å². The van der Waals surface area contributed by atoms with Crippen LogP contribution in [0.1, 0.15) is 26.3 Å². The fourth-order valence-electron chi connectivity index (χ4n) is 3.88. The molecule has 0 saturated carbocycles. The fraction of sp³-hybridized carbons (Fsp3) is 0.435. The molecule has 8 heteroatoms. The normalized spacial score (nSPS) is 20.5. The van der Waals surface area contributed by atoms with Crippen molar-refractivity contribution >= 4 is 17.9 Å². The monoisotopic (exact) mass is 454 g/mol. The van der Waals surface area contributed by atoms with Crippen molar-refractivity contribution in [2.24, 2.45) is 5.92 Å². The van der Waals surface area contributed by atoms with Gasteiger partial charge in [-0.3, -0.25) is 9.52 Å². The summed E-state index contributed by atoms with van der Waals surface area (Å²) in [5.41, 5.74) is 1.65. The highest BCUT2D eigenvalue weighted by Crippen LogP contribution is 2.36. The molecule has 168 valence electrons. The second-order valence-corrected chi connectivity index (χ2v) is 9.14. The number of rotatable bonds is 7. The largest absolute Gasteiger partial charge is 0.331 e. The molecule has 3 rings (SSSR count). The molecule has 0 unspecified atom stereocenters. The molecular weight excluding hydrogens is 428 g/mol. The Labute approximate surface area is 184 Å². The van der Waals surface area contributed by atoms with Crippen molar-refractivity contribution in [2.45, 2.75) is 45.2 Å². The first-order valence-electron chi connectivity index (χ1n) is 10.2. The van der Waals surface area contributed by atoms with Crippen molar-refractivity contribution in [3.05, 3.63) is 59.7 Å². The predicted octanol–water partition coefficient (Wildman–Crippen LogP) is 5.30. The Balaban J connectivity index is 1.93. The third kappa shape index (κ3) is 5.41. The van der Waals surface area contributed by atoms with E-state index in [1.807, 2.05) is 6.92 Å². The van der Waals surface area contributed by atoms with Gasteiger partial charge >= 0.3 is 0 Å². The lowest BCUT2D eigenvalue weighted by Crippen LogP contribution is -2.48. The van der Waals surface area contributed by atoms with Crippen LogP contribution < -0.4 is 4.72 Å². The van der Waals surface area contributed by atoms with Crippen LogP contribution in [-0.2, 0) is 11.2 Å². The first-order chi connectivity index (χ1) is 14.6. The summed E-state index contributed by atoms with van der Waals surface area (Å²) in [6, 6.07) is 8.24. The number of carbonyl (C=O) groups excluding carboxylic acids is 1. The van der Waals surface area contributed by atoms with E-state index in [1.54, 1.807) is 38.1 Å². The fourth-order valence-corrected chi connectivity index (χ4v) is 4.56. The number of hydrogen-bond acceptors (Lipinski definition) is 3. The molecule has 1 fully saturated rings. The average molecular weight is 455 g/mol. The Kier molecular flexibility index (Phi) is 7.31. The number of alkyl halides is 2. The number of halogens is 4. The van der Waals surface area contributed by atoms with Crippen LogP contribution in [0.25, 0.3) is 11.1 Å². The molecule has 1 aliphatic rings. The number of amides is 1. The van der Waals surface area contributed by atoms with Gasteiger partial charge < -0.3 is 4.90 Å². The van der Waals surface area contributed by atoms with E-state index in [2.05, 4.69) is 4.72 Å². The quantitative estimate of drug-likeness (QED) is 0.455. The third-order valence-electron chi connectivity index (χ3n) is 5.32. The van der Waals surface area contributed by atoms with Crippen molar-refractivity contribution in [1.82, 2.24) is 9.62 Å². The van der Waals surface area contributed by atoms with E-state index >= 15 is 0 Å². The van der Waals surface area contributed by atoms with E-state index in [0.717, 1.165) is 6.07 Å². The number of likely N-dealkylation sites (tertiary alicyclic amines) is 1. The summed E-state index contributed by atoms with van der Waals surface area (Å²) in [7, 11) is 0. The maximum atomic E-state index is 14.8. The summed E-state index contributed by atoms with van der Waals surface area (Å²) in [4.78, 5) is 14.0. The molecule has 0 radical (unpaired) electrons. The minimum absolute atomic E-state index is 0.196. The third-order valence-corrected chi connectivity index (χ3v) is 6.03. The number of hydrogen-bond donors (Lipinski definition) is 1. The van der Waals surface area contributed by atoms with Gasteiger partial charge in [0.1, 0.15) is 17.7 Å². The highest BCUT2D eigenvalue weighted by Gasteiger charge is 2.55. The lowest BCUT2D eigenvalue weighted by Gasteiger charge is -2.29. The van der Waals surface area contributed by atoms with Gasteiger partial charge in [-0.15, -0.1) is 0 Å². The van der Waals surface area contributed by atoms with E-state index in [-0.39, 0.29) is 12.3 Å². The number of carbonyl (C=O) groups is 1. The zero-order chi connectivity index (χ0) is 22.8. The highest BCUT2D eigenvalue weighted by molar-refractivity contribution is 7.97. The minimum Gasteiger partial charge on any atom is -0.331 e. The van der Waals surface area contributed by atoms with Gasteiger partial charge in [-0.2, -0.15) is 0 Å². The van der Waals surface area contributed by atoms with Gasteiger partial charge in [-0.05, 0) is 35.2 Å². The Hall–Kier alpha value is -2.06. The minimum atomic E-state index is -3.07. The van der Waals surface area contributed by atoms with Crippen LogP contribution in [0.2, 0.25) is 0 Å². The molecule has 31 heavy (non-hydrogen) atoms. The summed E-state index contributed by atoms with van der Waals surface area (Å²) in [6.07, 6.45) is 0.196. The van der Waals surface area contributed by atoms with Gasteiger partial charge in [0.15, 0.2) is 0 Å². The maximum Gasteiger partial charge on any atom is 0.283 e. The van der Waals surface area contributed by atoms with Crippen molar-refractivity contribution in [2.75, 3.05) is 12.3 Å². The van der Waals surface area contributed by atoms with Crippen LogP contribution in [-0.4, -0.2) is 41.1 Å². The zero-order valence-electron chi connectivity index (χ0n) is 17.7.